The average molecular weight is 371 g/mol. The second-order valence-electron chi connectivity index (χ2n) is 6.44. The van der Waals surface area contributed by atoms with Crippen molar-refractivity contribution in [2.24, 2.45) is 0 Å². The van der Waals surface area contributed by atoms with E-state index in [1.165, 1.54) is 0 Å². The van der Waals surface area contributed by atoms with Crippen molar-refractivity contribution in [2.45, 2.75) is 25.7 Å². The molecule has 2 amide bonds. The summed E-state index contributed by atoms with van der Waals surface area (Å²) in [6, 6.07) is 7.27. The van der Waals surface area contributed by atoms with Crippen molar-refractivity contribution >= 4 is 11.8 Å². The molecule has 2 aromatic rings. The van der Waals surface area contributed by atoms with Crippen molar-refractivity contribution in [3.05, 3.63) is 47.5 Å². The number of ether oxygens (including phenoxy) is 2. The average Bonchev–Trinajstić information content (AvgIpc) is 3.16. The maximum Gasteiger partial charge on any atom is 0.272 e. The Morgan fingerprint density at radius 3 is 2.96 bits per heavy atom. The molecule has 1 fully saturated rings. The lowest BCUT2D eigenvalue weighted by Gasteiger charge is -2.32. The van der Waals surface area contributed by atoms with Gasteiger partial charge in [-0.15, -0.1) is 0 Å². The third kappa shape index (κ3) is 3.99. The molecule has 0 radical (unpaired) electrons. The van der Waals surface area contributed by atoms with Gasteiger partial charge in [0.25, 0.3) is 11.8 Å². The molecule has 0 saturated carbocycles. The zero-order valence-electron chi connectivity index (χ0n) is 14.8. The van der Waals surface area contributed by atoms with Gasteiger partial charge >= 0.3 is 0 Å². The molecule has 9 nitrogen and oxygen atoms in total. The highest BCUT2D eigenvalue weighted by Gasteiger charge is 2.30. The SMILES string of the molecule is O=C(NCc1ccccn1)c1cc2n(n1)CCN(C(=O)C1COCCO1)C2. The van der Waals surface area contributed by atoms with E-state index in [1.54, 1.807) is 21.8 Å². The van der Waals surface area contributed by atoms with Crippen molar-refractivity contribution in [1.82, 2.24) is 25.0 Å². The van der Waals surface area contributed by atoms with E-state index in [4.69, 9.17) is 9.47 Å². The Morgan fingerprint density at radius 1 is 1.26 bits per heavy atom. The van der Waals surface area contributed by atoms with E-state index in [9.17, 15) is 9.59 Å². The fraction of sp³-hybridized carbons (Fsp3) is 0.444. The van der Waals surface area contributed by atoms with Gasteiger partial charge in [0.05, 0.1) is 50.8 Å². The molecule has 1 atom stereocenters. The van der Waals surface area contributed by atoms with Crippen molar-refractivity contribution in [2.75, 3.05) is 26.4 Å². The molecule has 0 bridgehead atoms. The van der Waals surface area contributed by atoms with Gasteiger partial charge in [-0.2, -0.15) is 5.10 Å². The lowest BCUT2D eigenvalue weighted by molar-refractivity contribution is -0.159. The summed E-state index contributed by atoms with van der Waals surface area (Å²) in [4.78, 5) is 30.8. The van der Waals surface area contributed by atoms with Gasteiger partial charge in [0.2, 0.25) is 0 Å². The summed E-state index contributed by atoms with van der Waals surface area (Å²) >= 11 is 0. The second kappa shape index (κ2) is 7.85. The fourth-order valence-electron chi connectivity index (χ4n) is 3.16. The summed E-state index contributed by atoms with van der Waals surface area (Å²) in [5.41, 5.74) is 1.95. The number of rotatable bonds is 4. The number of amides is 2. The summed E-state index contributed by atoms with van der Waals surface area (Å²) in [5.74, 6) is -0.340. The Hall–Kier alpha value is -2.78. The number of hydrogen-bond acceptors (Lipinski definition) is 6. The van der Waals surface area contributed by atoms with E-state index < -0.39 is 6.10 Å². The maximum absolute atomic E-state index is 12.6. The summed E-state index contributed by atoms with van der Waals surface area (Å²) in [6.45, 7) is 3.06. The van der Waals surface area contributed by atoms with Gasteiger partial charge in [-0.1, -0.05) is 6.07 Å². The molecule has 0 spiro atoms. The molecule has 2 aliphatic heterocycles. The highest BCUT2D eigenvalue weighted by molar-refractivity contribution is 5.92. The van der Waals surface area contributed by atoms with Gasteiger partial charge < -0.3 is 19.7 Å². The van der Waals surface area contributed by atoms with Crippen LogP contribution in [0.1, 0.15) is 21.9 Å². The van der Waals surface area contributed by atoms with Crippen LogP contribution in [0.2, 0.25) is 0 Å². The molecular formula is C18H21N5O4. The van der Waals surface area contributed by atoms with Gasteiger partial charge in [-0.05, 0) is 18.2 Å². The van der Waals surface area contributed by atoms with Crippen LogP contribution in [0.5, 0.6) is 0 Å². The first-order valence-electron chi connectivity index (χ1n) is 8.93. The number of aromatic nitrogens is 3. The van der Waals surface area contributed by atoms with Crippen LogP contribution in [0.4, 0.5) is 0 Å². The number of carbonyl (C=O) groups is 2. The lowest BCUT2D eigenvalue weighted by Crippen LogP contribution is -2.47. The molecule has 0 aromatic carbocycles. The van der Waals surface area contributed by atoms with Crippen LogP contribution < -0.4 is 5.32 Å². The van der Waals surface area contributed by atoms with Crippen molar-refractivity contribution in [3.8, 4) is 0 Å². The highest BCUT2D eigenvalue weighted by Crippen LogP contribution is 2.16. The third-order valence-electron chi connectivity index (χ3n) is 4.59. The standard InChI is InChI=1S/C18H21N5O4/c24-17(20-10-13-3-1-2-4-19-13)15-9-14-11-22(5-6-23(14)21-15)18(25)16-12-26-7-8-27-16/h1-4,9,16H,5-8,10-12H2,(H,20,24). The van der Waals surface area contributed by atoms with Crippen LogP contribution in [0, 0.1) is 0 Å². The van der Waals surface area contributed by atoms with Gasteiger partial charge in [0.1, 0.15) is 0 Å². The molecular weight excluding hydrogens is 350 g/mol. The molecule has 0 aliphatic carbocycles. The van der Waals surface area contributed by atoms with Crippen molar-refractivity contribution in [1.29, 1.82) is 0 Å². The predicted octanol–water partition coefficient (Wildman–Crippen LogP) is -0.0343. The van der Waals surface area contributed by atoms with Gasteiger partial charge in [0, 0.05) is 12.7 Å². The highest BCUT2D eigenvalue weighted by atomic mass is 16.6. The van der Waals surface area contributed by atoms with E-state index in [0.29, 0.717) is 45.1 Å². The van der Waals surface area contributed by atoms with Crippen LogP contribution in [0.3, 0.4) is 0 Å². The number of nitrogens with one attached hydrogen (secondary N) is 1. The Labute approximate surface area is 156 Å². The molecule has 1 saturated heterocycles. The smallest absolute Gasteiger partial charge is 0.272 e. The summed E-state index contributed by atoms with van der Waals surface area (Å²) in [5, 5.41) is 7.18. The van der Waals surface area contributed by atoms with E-state index >= 15 is 0 Å². The second-order valence-corrected chi connectivity index (χ2v) is 6.44. The first-order chi connectivity index (χ1) is 13.2. The van der Waals surface area contributed by atoms with Gasteiger partial charge in [0.15, 0.2) is 11.8 Å². The first-order valence-corrected chi connectivity index (χ1v) is 8.93. The van der Waals surface area contributed by atoms with Crippen LogP contribution >= 0.6 is 0 Å². The molecule has 4 heterocycles. The molecule has 27 heavy (non-hydrogen) atoms. The Kier molecular flexibility index (Phi) is 5.12. The number of hydrogen-bond donors (Lipinski definition) is 1. The predicted molar refractivity (Wildman–Crippen MR) is 93.6 cm³/mol. The monoisotopic (exact) mass is 371 g/mol. The Morgan fingerprint density at radius 2 is 2.19 bits per heavy atom. The van der Waals surface area contributed by atoms with Crippen molar-refractivity contribution < 1.29 is 19.1 Å². The molecule has 1 N–H and O–H groups in total. The number of carbonyl (C=O) groups excluding carboxylic acids is 2. The largest absolute Gasteiger partial charge is 0.376 e. The molecule has 1 unspecified atom stereocenters. The molecule has 142 valence electrons. The molecule has 4 rings (SSSR count). The first kappa shape index (κ1) is 17.6. The Balaban J connectivity index is 1.38. The third-order valence-corrected chi connectivity index (χ3v) is 4.59. The zero-order valence-corrected chi connectivity index (χ0v) is 14.8. The molecule has 9 heteroatoms. The van der Waals surface area contributed by atoms with Crippen LogP contribution in [-0.4, -0.2) is 63.9 Å². The van der Waals surface area contributed by atoms with Crippen LogP contribution in [0.15, 0.2) is 30.5 Å². The van der Waals surface area contributed by atoms with Crippen LogP contribution in [0.25, 0.3) is 0 Å². The van der Waals surface area contributed by atoms with Gasteiger partial charge in [-0.3, -0.25) is 19.3 Å². The van der Waals surface area contributed by atoms with E-state index in [0.717, 1.165) is 11.4 Å². The van der Waals surface area contributed by atoms with E-state index in [-0.39, 0.29) is 18.4 Å². The minimum atomic E-state index is -0.547. The van der Waals surface area contributed by atoms with Gasteiger partial charge in [-0.25, -0.2) is 0 Å². The number of fused-ring (bicyclic) bond motifs is 1. The topological polar surface area (TPSA) is 98.6 Å². The summed E-state index contributed by atoms with van der Waals surface area (Å²) in [7, 11) is 0. The Bertz CT molecular complexity index is 816. The summed E-state index contributed by atoms with van der Waals surface area (Å²) in [6.07, 6.45) is 1.14. The van der Waals surface area contributed by atoms with E-state index in [2.05, 4.69) is 15.4 Å². The summed E-state index contributed by atoms with van der Waals surface area (Å²) < 4.78 is 12.6. The number of nitrogens with zero attached hydrogens (tertiary/aromatic N) is 4. The number of pyridine rings is 1. The molecule has 2 aromatic heterocycles. The minimum absolute atomic E-state index is 0.0803. The zero-order chi connectivity index (χ0) is 18.6. The fourth-order valence-corrected chi connectivity index (χ4v) is 3.16. The molecule has 2 aliphatic rings. The lowest BCUT2D eigenvalue weighted by atomic mass is 10.2. The minimum Gasteiger partial charge on any atom is -0.376 e. The van der Waals surface area contributed by atoms with Crippen molar-refractivity contribution in [3.63, 3.8) is 0 Å². The maximum atomic E-state index is 12.6. The van der Waals surface area contributed by atoms with E-state index in [1.807, 2.05) is 18.2 Å². The normalized spacial score (nSPS) is 19.4. The van der Waals surface area contributed by atoms with Crippen LogP contribution in [-0.2, 0) is 33.9 Å². The quantitative estimate of drug-likeness (QED) is 0.810.